The second kappa shape index (κ2) is 4.25. The van der Waals surface area contributed by atoms with Crippen LogP contribution in [0, 0.1) is 0 Å². The Morgan fingerprint density at radius 2 is 2.58 bits per heavy atom. The average Bonchev–Trinajstić information content (AvgIpc) is 2.31. The first-order chi connectivity index (χ1) is 5.74. The summed E-state index contributed by atoms with van der Waals surface area (Å²) < 4.78 is 2.62. The minimum absolute atomic E-state index is 0.570. The average molecular weight is 232 g/mol. The van der Waals surface area contributed by atoms with Crippen LogP contribution in [-0.2, 0) is 11.9 Å². The molecule has 5 heteroatoms. The summed E-state index contributed by atoms with van der Waals surface area (Å²) in [7, 11) is 1.85. The molecule has 1 aromatic heterocycles. The molecule has 1 rings (SSSR count). The first kappa shape index (κ1) is 9.25. The van der Waals surface area contributed by atoms with E-state index in [1.165, 1.54) is 0 Å². The van der Waals surface area contributed by atoms with Gasteiger partial charge in [-0.05, 0) is 22.9 Å². The third kappa shape index (κ3) is 2.34. The van der Waals surface area contributed by atoms with Gasteiger partial charge in [0.2, 0.25) is 0 Å². The Morgan fingerprint density at radius 1 is 1.83 bits per heavy atom. The molecule has 0 amide bonds. The van der Waals surface area contributed by atoms with Crippen LogP contribution in [0.5, 0.6) is 0 Å². The van der Waals surface area contributed by atoms with E-state index in [0.717, 1.165) is 10.2 Å². The standard InChI is InChI=1S/C7H10BrN3O/c1-3-12-9-4-7-6(8)5-11(2)10-7/h4-5H,3H2,1-2H3/b9-4-. The topological polar surface area (TPSA) is 39.4 Å². The minimum atomic E-state index is 0.570. The molecule has 0 atom stereocenters. The fraction of sp³-hybridized carbons (Fsp3) is 0.429. The summed E-state index contributed by atoms with van der Waals surface area (Å²) in [6.07, 6.45) is 3.43. The molecule has 1 heterocycles. The maximum Gasteiger partial charge on any atom is 0.121 e. The fourth-order valence-corrected chi connectivity index (χ4v) is 1.20. The Balaban J connectivity index is 2.68. The minimum Gasteiger partial charge on any atom is -0.396 e. The summed E-state index contributed by atoms with van der Waals surface area (Å²) in [6, 6.07) is 0. The van der Waals surface area contributed by atoms with Gasteiger partial charge in [-0.2, -0.15) is 5.10 Å². The Morgan fingerprint density at radius 3 is 3.08 bits per heavy atom. The smallest absolute Gasteiger partial charge is 0.121 e. The summed E-state index contributed by atoms with van der Waals surface area (Å²) in [5, 5.41) is 7.83. The van der Waals surface area contributed by atoms with E-state index in [1.54, 1.807) is 10.9 Å². The molecule has 0 radical (unpaired) electrons. The lowest BCUT2D eigenvalue weighted by atomic mass is 10.5. The molecule has 0 N–H and O–H groups in total. The largest absolute Gasteiger partial charge is 0.396 e. The summed E-state index contributed by atoms with van der Waals surface area (Å²) in [4.78, 5) is 4.80. The maximum absolute atomic E-state index is 4.80. The van der Waals surface area contributed by atoms with Crippen molar-refractivity contribution < 1.29 is 4.84 Å². The van der Waals surface area contributed by atoms with Crippen molar-refractivity contribution in [2.75, 3.05) is 6.61 Å². The SMILES string of the molecule is CCO/N=C\c1nn(C)cc1Br. The predicted molar refractivity (Wildman–Crippen MR) is 50.1 cm³/mol. The number of halogens is 1. The van der Waals surface area contributed by atoms with Gasteiger partial charge in [-0.3, -0.25) is 4.68 Å². The Bertz CT molecular complexity index is 282. The normalized spacial score (nSPS) is 10.9. The summed E-state index contributed by atoms with van der Waals surface area (Å²) in [6.45, 7) is 2.45. The van der Waals surface area contributed by atoms with Crippen LogP contribution in [0.25, 0.3) is 0 Å². The Hall–Kier alpha value is -0.840. The molecule has 0 aromatic carbocycles. The highest BCUT2D eigenvalue weighted by molar-refractivity contribution is 9.10. The van der Waals surface area contributed by atoms with Crippen LogP contribution in [0.4, 0.5) is 0 Å². The maximum atomic E-state index is 4.80. The molecule has 0 aliphatic rings. The molecule has 0 saturated carbocycles. The zero-order chi connectivity index (χ0) is 8.97. The molecule has 1 aromatic rings. The first-order valence-electron chi connectivity index (χ1n) is 3.58. The van der Waals surface area contributed by atoms with Gasteiger partial charge in [0.15, 0.2) is 0 Å². The van der Waals surface area contributed by atoms with E-state index >= 15 is 0 Å². The van der Waals surface area contributed by atoms with Gasteiger partial charge in [0.25, 0.3) is 0 Å². The molecule has 0 aliphatic carbocycles. The van der Waals surface area contributed by atoms with Crippen molar-refractivity contribution in [1.29, 1.82) is 0 Å². The number of nitrogens with zero attached hydrogens (tertiary/aromatic N) is 3. The van der Waals surface area contributed by atoms with E-state index in [-0.39, 0.29) is 0 Å². The van der Waals surface area contributed by atoms with Crippen molar-refractivity contribution in [1.82, 2.24) is 9.78 Å². The molecular weight excluding hydrogens is 222 g/mol. The lowest BCUT2D eigenvalue weighted by Gasteiger charge is -1.89. The van der Waals surface area contributed by atoms with Crippen molar-refractivity contribution in [2.45, 2.75) is 6.92 Å². The fourth-order valence-electron chi connectivity index (χ4n) is 0.726. The molecule has 0 saturated heterocycles. The molecule has 0 unspecified atom stereocenters. The van der Waals surface area contributed by atoms with Crippen molar-refractivity contribution >= 4 is 22.1 Å². The van der Waals surface area contributed by atoms with Crippen LogP contribution in [-0.4, -0.2) is 22.6 Å². The van der Waals surface area contributed by atoms with Crippen molar-refractivity contribution in [3.8, 4) is 0 Å². The van der Waals surface area contributed by atoms with E-state index in [4.69, 9.17) is 4.84 Å². The van der Waals surface area contributed by atoms with Crippen molar-refractivity contribution in [2.24, 2.45) is 12.2 Å². The van der Waals surface area contributed by atoms with Crippen molar-refractivity contribution in [3.63, 3.8) is 0 Å². The van der Waals surface area contributed by atoms with E-state index in [1.807, 2.05) is 20.2 Å². The van der Waals surface area contributed by atoms with Crippen molar-refractivity contribution in [3.05, 3.63) is 16.4 Å². The molecule has 0 aliphatic heterocycles. The van der Waals surface area contributed by atoms with Gasteiger partial charge >= 0.3 is 0 Å². The third-order valence-corrected chi connectivity index (χ3v) is 1.80. The van der Waals surface area contributed by atoms with Crippen LogP contribution in [0.3, 0.4) is 0 Å². The van der Waals surface area contributed by atoms with Gasteiger partial charge in [-0.15, -0.1) is 0 Å². The van der Waals surface area contributed by atoms with Crippen LogP contribution in [0.2, 0.25) is 0 Å². The summed E-state index contributed by atoms with van der Waals surface area (Å²) >= 11 is 3.34. The number of hydrogen-bond acceptors (Lipinski definition) is 3. The van der Waals surface area contributed by atoms with Gasteiger partial charge in [0.05, 0.1) is 10.7 Å². The molecule has 0 fully saturated rings. The lowest BCUT2D eigenvalue weighted by molar-refractivity contribution is 0.160. The van der Waals surface area contributed by atoms with Gasteiger partial charge < -0.3 is 4.84 Å². The first-order valence-corrected chi connectivity index (χ1v) is 4.37. The number of aromatic nitrogens is 2. The Labute approximate surface area is 79.3 Å². The van der Waals surface area contributed by atoms with Gasteiger partial charge in [-0.25, -0.2) is 0 Å². The number of aryl methyl sites for hydroxylation is 1. The zero-order valence-electron chi connectivity index (χ0n) is 6.99. The van der Waals surface area contributed by atoms with E-state index in [2.05, 4.69) is 26.2 Å². The highest BCUT2D eigenvalue weighted by atomic mass is 79.9. The Kier molecular flexibility index (Phi) is 3.28. The number of hydrogen-bond donors (Lipinski definition) is 0. The molecule has 0 spiro atoms. The zero-order valence-corrected chi connectivity index (χ0v) is 8.58. The van der Waals surface area contributed by atoms with E-state index < -0.39 is 0 Å². The van der Waals surface area contributed by atoms with E-state index in [9.17, 15) is 0 Å². The van der Waals surface area contributed by atoms with Gasteiger partial charge in [-0.1, -0.05) is 5.16 Å². The van der Waals surface area contributed by atoms with Gasteiger partial charge in [0, 0.05) is 13.2 Å². The molecule has 12 heavy (non-hydrogen) atoms. The third-order valence-electron chi connectivity index (χ3n) is 1.19. The molecular formula is C7H10BrN3O. The predicted octanol–water partition coefficient (Wildman–Crippen LogP) is 1.55. The van der Waals surface area contributed by atoms with Crippen LogP contribution in [0.15, 0.2) is 15.8 Å². The summed E-state index contributed by atoms with van der Waals surface area (Å²) in [5.74, 6) is 0. The van der Waals surface area contributed by atoms with Gasteiger partial charge in [0.1, 0.15) is 12.3 Å². The van der Waals surface area contributed by atoms with E-state index in [0.29, 0.717) is 6.61 Å². The molecule has 66 valence electrons. The highest BCUT2D eigenvalue weighted by Gasteiger charge is 2.00. The summed E-state index contributed by atoms with van der Waals surface area (Å²) in [5.41, 5.74) is 0.769. The molecule has 0 bridgehead atoms. The van der Waals surface area contributed by atoms with Crippen LogP contribution in [0.1, 0.15) is 12.6 Å². The quantitative estimate of drug-likeness (QED) is 0.585. The number of oxime groups is 1. The monoisotopic (exact) mass is 231 g/mol. The van der Waals surface area contributed by atoms with Crippen LogP contribution >= 0.6 is 15.9 Å². The number of rotatable bonds is 3. The molecule has 4 nitrogen and oxygen atoms in total. The highest BCUT2D eigenvalue weighted by Crippen LogP contribution is 2.11. The van der Waals surface area contributed by atoms with Crippen LogP contribution < -0.4 is 0 Å². The second-order valence-corrected chi connectivity index (χ2v) is 3.04. The second-order valence-electron chi connectivity index (χ2n) is 2.19. The lowest BCUT2D eigenvalue weighted by Crippen LogP contribution is -1.90.